The lowest BCUT2D eigenvalue weighted by molar-refractivity contribution is -0.132. The molecule has 0 radical (unpaired) electrons. The number of amides is 1. The van der Waals surface area contributed by atoms with Crippen LogP contribution in [0.1, 0.15) is 25.5 Å². The van der Waals surface area contributed by atoms with E-state index in [9.17, 15) is 4.79 Å². The maximum absolute atomic E-state index is 11.8. The Morgan fingerprint density at radius 3 is 2.33 bits per heavy atom. The standard InChI is InChI=1S/C12H16Cl2N2O.ClH/c1-7(15)12(17)16(3)8(2)10-5-4-9(13)6-11(10)14;/h4-8H,15H2,1-3H3;1H/t7-,8?;/m1./s1. The summed E-state index contributed by atoms with van der Waals surface area (Å²) in [7, 11) is 1.71. The number of benzene rings is 1. The van der Waals surface area contributed by atoms with Gasteiger partial charge in [0.1, 0.15) is 0 Å². The Balaban J connectivity index is 0.00000289. The van der Waals surface area contributed by atoms with Gasteiger partial charge in [-0.25, -0.2) is 0 Å². The predicted molar refractivity (Wildman–Crippen MR) is 78.5 cm³/mol. The SMILES string of the molecule is CC(c1ccc(Cl)cc1Cl)N(C)C(=O)[C@@H](C)N.Cl. The monoisotopic (exact) mass is 310 g/mol. The molecule has 0 bridgehead atoms. The van der Waals surface area contributed by atoms with Crippen molar-refractivity contribution >= 4 is 41.5 Å². The second-order valence-corrected chi connectivity index (χ2v) is 4.92. The number of nitrogens with zero attached hydrogens (tertiary/aromatic N) is 1. The number of halogens is 3. The lowest BCUT2D eigenvalue weighted by Gasteiger charge is -2.27. The molecule has 1 rings (SSSR count). The molecule has 102 valence electrons. The largest absolute Gasteiger partial charge is 0.338 e. The van der Waals surface area contributed by atoms with Gasteiger partial charge in [-0.3, -0.25) is 4.79 Å². The van der Waals surface area contributed by atoms with Crippen LogP contribution in [0.4, 0.5) is 0 Å². The summed E-state index contributed by atoms with van der Waals surface area (Å²) in [6.45, 7) is 3.56. The van der Waals surface area contributed by atoms with Gasteiger partial charge in [-0.05, 0) is 31.5 Å². The molecule has 0 fully saturated rings. The average molecular weight is 312 g/mol. The van der Waals surface area contributed by atoms with Gasteiger partial charge < -0.3 is 10.6 Å². The van der Waals surface area contributed by atoms with Crippen molar-refractivity contribution < 1.29 is 4.79 Å². The topological polar surface area (TPSA) is 46.3 Å². The molecule has 0 aromatic heterocycles. The number of likely N-dealkylation sites (N-methyl/N-ethyl adjacent to an activating group) is 1. The van der Waals surface area contributed by atoms with Crippen molar-refractivity contribution in [3.8, 4) is 0 Å². The molecule has 0 saturated carbocycles. The molecule has 0 saturated heterocycles. The molecule has 0 spiro atoms. The van der Waals surface area contributed by atoms with E-state index in [0.29, 0.717) is 10.0 Å². The van der Waals surface area contributed by atoms with Crippen LogP contribution in [0.15, 0.2) is 18.2 Å². The second kappa shape index (κ2) is 7.19. The maximum atomic E-state index is 11.8. The lowest BCUT2D eigenvalue weighted by Crippen LogP contribution is -2.41. The van der Waals surface area contributed by atoms with Crippen LogP contribution in [0.2, 0.25) is 10.0 Å². The quantitative estimate of drug-likeness (QED) is 0.931. The normalized spacial score (nSPS) is 13.4. The molecular weight excluding hydrogens is 295 g/mol. The van der Waals surface area contributed by atoms with Gasteiger partial charge in [0.15, 0.2) is 0 Å². The molecule has 3 nitrogen and oxygen atoms in total. The fourth-order valence-electron chi connectivity index (χ4n) is 1.56. The number of hydrogen-bond donors (Lipinski definition) is 1. The van der Waals surface area contributed by atoms with Crippen molar-refractivity contribution in [2.75, 3.05) is 7.05 Å². The molecule has 0 aliphatic heterocycles. The van der Waals surface area contributed by atoms with Crippen LogP contribution < -0.4 is 5.73 Å². The molecule has 1 aromatic rings. The van der Waals surface area contributed by atoms with Crippen LogP contribution >= 0.6 is 35.6 Å². The summed E-state index contributed by atoms with van der Waals surface area (Å²) < 4.78 is 0. The van der Waals surface area contributed by atoms with Gasteiger partial charge in [-0.1, -0.05) is 29.3 Å². The van der Waals surface area contributed by atoms with Crippen LogP contribution in [-0.2, 0) is 4.79 Å². The summed E-state index contributed by atoms with van der Waals surface area (Å²) in [5.74, 6) is -0.122. The third-order valence-corrected chi connectivity index (χ3v) is 3.29. The molecular formula is C12H17Cl3N2O. The Kier molecular flexibility index (Phi) is 7.00. The minimum Gasteiger partial charge on any atom is -0.338 e. The van der Waals surface area contributed by atoms with E-state index in [1.54, 1.807) is 31.0 Å². The molecule has 1 aromatic carbocycles. The summed E-state index contributed by atoms with van der Waals surface area (Å²) in [4.78, 5) is 13.4. The highest BCUT2D eigenvalue weighted by atomic mass is 35.5. The molecule has 0 heterocycles. The number of carbonyl (C=O) groups is 1. The minimum atomic E-state index is -0.520. The minimum absolute atomic E-state index is 0. The zero-order valence-electron chi connectivity index (χ0n) is 10.5. The first kappa shape index (κ1) is 17.5. The van der Waals surface area contributed by atoms with E-state index in [2.05, 4.69) is 0 Å². The fraction of sp³-hybridized carbons (Fsp3) is 0.417. The number of nitrogens with two attached hydrogens (primary N) is 1. The van der Waals surface area contributed by atoms with E-state index >= 15 is 0 Å². The smallest absolute Gasteiger partial charge is 0.239 e. The Morgan fingerprint density at radius 1 is 1.33 bits per heavy atom. The van der Waals surface area contributed by atoms with Crippen molar-refractivity contribution in [2.24, 2.45) is 5.73 Å². The van der Waals surface area contributed by atoms with Crippen molar-refractivity contribution in [3.05, 3.63) is 33.8 Å². The molecule has 2 N–H and O–H groups in total. The van der Waals surface area contributed by atoms with Gasteiger partial charge >= 0.3 is 0 Å². The Hall–Kier alpha value is -0.480. The number of carbonyl (C=O) groups excluding carboxylic acids is 1. The van der Waals surface area contributed by atoms with E-state index in [0.717, 1.165) is 5.56 Å². The summed E-state index contributed by atoms with van der Waals surface area (Å²) >= 11 is 11.9. The fourth-order valence-corrected chi connectivity index (χ4v) is 2.13. The number of hydrogen-bond acceptors (Lipinski definition) is 2. The average Bonchev–Trinajstić information content (AvgIpc) is 2.26. The van der Waals surface area contributed by atoms with Gasteiger partial charge in [0.25, 0.3) is 0 Å². The summed E-state index contributed by atoms with van der Waals surface area (Å²) in [6, 6.07) is 4.58. The van der Waals surface area contributed by atoms with E-state index in [4.69, 9.17) is 28.9 Å². The van der Waals surface area contributed by atoms with Crippen molar-refractivity contribution in [2.45, 2.75) is 25.9 Å². The van der Waals surface area contributed by atoms with Gasteiger partial charge in [0.2, 0.25) is 5.91 Å². The summed E-state index contributed by atoms with van der Waals surface area (Å²) in [5, 5.41) is 1.13. The summed E-state index contributed by atoms with van der Waals surface area (Å²) in [6.07, 6.45) is 0. The number of rotatable bonds is 3. The zero-order chi connectivity index (χ0) is 13.2. The molecule has 1 unspecified atom stereocenters. The van der Waals surface area contributed by atoms with E-state index < -0.39 is 6.04 Å². The highest BCUT2D eigenvalue weighted by Gasteiger charge is 2.21. The molecule has 0 aliphatic rings. The Labute approximate surface area is 124 Å². The van der Waals surface area contributed by atoms with Crippen LogP contribution in [0, 0.1) is 0 Å². The highest BCUT2D eigenvalue weighted by molar-refractivity contribution is 6.35. The van der Waals surface area contributed by atoms with Crippen LogP contribution in [0.5, 0.6) is 0 Å². The Morgan fingerprint density at radius 2 is 1.89 bits per heavy atom. The van der Waals surface area contributed by atoms with Crippen LogP contribution in [-0.4, -0.2) is 23.9 Å². The van der Waals surface area contributed by atoms with E-state index in [-0.39, 0.29) is 24.4 Å². The first-order chi connectivity index (χ1) is 7.84. The van der Waals surface area contributed by atoms with Crippen LogP contribution in [0.25, 0.3) is 0 Å². The molecule has 18 heavy (non-hydrogen) atoms. The predicted octanol–water partition coefficient (Wildman–Crippen LogP) is 3.28. The third kappa shape index (κ3) is 4.02. The maximum Gasteiger partial charge on any atom is 0.239 e. The zero-order valence-corrected chi connectivity index (χ0v) is 12.8. The van der Waals surface area contributed by atoms with Gasteiger partial charge in [0, 0.05) is 17.1 Å². The van der Waals surface area contributed by atoms with Gasteiger partial charge in [-0.15, -0.1) is 12.4 Å². The Bertz CT molecular complexity index is 424. The van der Waals surface area contributed by atoms with E-state index in [1.807, 2.05) is 13.0 Å². The van der Waals surface area contributed by atoms with Crippen molar-refractivity contribution in [1.29, 1.82) is 0 Å². The molecule has 2 atom stereocenters. The third-order valence-electron chi connectivity index (χ3n) is 2.73. The molecule has 1 amide bonds. The first-order valence-electron chi connectivity index (χ1n) is 5.31. The van der Waals surface area contributed by atoms with Gasteiger partial charge in [0.05, 0.1) is 12.1 Å². The molecule has 0 aliphatic carbocycles. The highest BCUT2D eigenvalue weighted by Crippen LogP contribution is 2.29. The van der Waals surface area contributed by atoms with Crippen molar-refractivity contribution in [3.63, 3.8) is 0 Å². The lowest BCUT2D eigenvalue weighted by atomic mass is 10.1. The second-order valence-electron chi connectivity index (χ2n) is 4.08. The summed E-state index contributed by atoms with van der Waals surface area (Å²) in [5.41, 5.74) is 6.42. The first-order valence-corrected chi connectivity index (χ1v) is 6.07. The van der Waals surface area contributed by atoms with Crippen LogP contribution in [0.3, 0.4) is 0 Å². The van der Waals surface area contributed by atoms with Gasteiger partial charge in [-0.2, -0.15) is 0 Å². The van der Waals surface area contributed by atoms with E-state index in [1.165, 1.54) is 0 Å². The van der Waals surface area contributed by atoms with Crippen molar-refractivity contribution in [1.82, 2.24) is 4.90 Å². The molecule has 6 heteroatoms.